The molecule has 0 saturated carbocycles. The molecule has 6 nitrogen and oxygen atoms in total. The first-order valence-electron chi connectivity index (χ1n) is 6.70. The van der Waals surface area contributed by atoms with Gasteiger partial charge in [-0.25, -0.2) is 4.98 Å². The van der Waals surface area contributed by atoms with Crippen LogP contribution in [-0.2, 0) is 17.9 Å². The normalized spacial score (nSPS) is 10.4. The van der Waals surface area contributed by atoms with Crippen molar-refractivity contribution in [3.63, 3.8) is 0 Å². The van der Waals surface area contributed by atoms with Crippen LogP contribution in [0.25, 0.3) is 0 Å². The van der Waals surface area contributed by atoms with Crippen LogP contribution in [0.1, 0.15) is 18.9 Å². The third-order valence-electron chi connectivity index (χ3n) is 2.82. The molecule has 0 bridgehead atoms. The average molecular weight is 273 g/mol. The molecule has 2 N–H and O–H groups in total. The maximum Gasteiger partial charge on any atom is 0.226 e. The van der Waals surface area contributed by atoms with Crippen molar-refractivity contribution in [3.8, 4) is 0 Å². The van der Waals surface area contributed by atoms with E-state index in [4.69, 9.17) is 0 Å². The number of amides is 1. The first kappa shape index (κ1) is 14.2. The molecule has 0 aliphatic heterocycles. The van der Waals surface area contributed by atoms with Gasteiger partial charge in [0.25, 0.3) is 0 Å². The van der Waals surface area contributed by atoms with Crippen LogP contribution in [0.2, 0.25) is 0 Å². The topological polar surface area (TPSA) is 71.8 Å². The summed E-state index contributed by atoms with van der Waals surface area (Å²) in [4.78, 5) is 15.7. The number of hydrogen-bond acceptors (Lipinski definition) is 4. The third kappa shape index (κ3) is 4.47. The quantitative estimate of drug-likeness (QED) is 0.800. The first-order valence-corrected chi connectivity index (χ1v) is 6.70. The third-order valence-corrected chi connectivity index (χ3v) is 2.82. The van der Waals surface area contributed by atoms with Crippen molar-refractivity contribution in [1.82, 2.24) is 20.1 Å². The molecule has 1 amide bonds. The van der Waals surface area contributed by atoms with E-state index in [9.17, 15) is 4.79 Å². The second kappa shape index (κ2) is 7.40. The minimum Gasteiger partial charge on any atom is -0.326 e. The zero-order chi connectivity index (χ0) is 14.2. The standard InChI is InChI=1S/C14H19N5O/c1-2-15-9-12-4-3-5-13(8-12)18-14(20)6-7-19-11-16-10-17-19/h3-5,8,10-11,15H,2,6-7,9H2,1H3,(H,18,20). The van der Waals surface area contributed by atoms with Crippen LogP contribution in [0.3, 0.4) is 0 Å². The lowest BCUT2D eigenvalue weighted by atomic mass is 10.2. The molecule has 0 aliphatic rings. The number of carbonyl (C=O) groups is 1. The Bertz CT molecular complexity index is 538. The summed E-state index contributed by atoms with van der Waals surface area (Å²) in [5.74, 6) is -0.0268. The fraction of sp³-hybridized carbons (Fsp3) is 0.357. The van der Waals surface area contributed by atoms with Crippen molar-refractivity contribution < 1.29 is 4.79 Å². The van der Waals surface area contributed by atoms with Crippen LogP contribution < -0.4 is 10.6 Å². The molecular weight excluding hydrogens is 254 g/mol. The van der Waals surface area contributed by atoms with E-state index >= 15 is 0 Å². The molecule has 1 aromatic heterocycles. The molecule has 6 heteroatoms. The number of aromatic nitrogens is 3. The van der Waals surface area contributed by atoms with E-state index in [0.29, 0.717) is 13.0 Å². The van der Waals surface area contributed by atoms with Crippen molar-refractivity contribution in [3.05, 3.63) is 42.5 Å². The van der Waals surface area contributed by atoms with Gasteiger partial charge < -0.3 is 10.6 Å². The van der Waals surface area contributed by atoms with Crippen LogP contribution in [0.5, 0.6) is 0 Å². The minimum absolute atomic E-state index is 0.0268. The lowest BCUT2D eigenvalue weighted by molar-refractivity contribution is -0.116. The van der Waals surface area contributed by atoms with E-state index in [0.717, 1.165) is 24.3 Å². The highest BCUT2D eigenvalue weighted by Gasteiger charge is 2.04. The minimum atomic E-state index is -0.0268. The molecule has 20 heavy (non-hydrogen) atoms. The summed E-state index contributed by atoms with van der Waals surface area (Å²) in [7, 11) is 0. The lowest BCUT2D eigenvalue weighted by Gasteiger charge is -2.08. The van der Waals surface area contributed by atoms with Crippen LogP contribution >= 0.6 is 0 Å². The van der Waals surface area contributed by atoms with Gasteiger partial charge in [0.2, 0.25) is 5.91 Å². The number of nitrogens with one attached hydrogen (secondary N) is 2. The molecule has 0 radical (unpaired) electrons. The molecule has 2 aromatic rings. The molecule has 0 fully saturated rings. The van der Waals surface area contributed by atoms with Gasteiger partial charge in [0.1, 0.15) is 12.7 Å². The second-order valence-electron chi connectivity index (χ2n) is 4.44. The van der Waals surface area contributed by atoms with Crippen molar-refractivity contribution in [2.75, 3.05) is 11.9 Å². The molecule has 0 aliphatic carbocycles. The summed E-state index contributed by atoms with van der Waals surface area (Å²) >= 11 is 0. The summed E-state index contributed by atoms with van der Waals surface area (Å²) in [6.45, 7) is 4.33. The summed E-state index contributed by atoms with van der Waals surface area (Å²) in [5, 5.41) is 10.1. The lowest BCUT2D eigenvalue weighted by Crippen LogP contribution is -2.15. The SMILES string of the molecule is CCNCc1cccc(NC(=O)CCn2cncn2)c1. The van der Waals surface area contributed by atoms with Gasteiger partial charge in [-0.05, 0) is 24.2 Å². The highest BCUT2D eigenvalue weighted by Crippen LogP contribution is 2.11. The van der Waals surface area contributed by atoms with E-state index in [1.54, 1.807) is 11.0 Å². The Labute approximate surface area is 118 Å². The van der Waals surface area contributed by atoms with Gasteiger partial charge in [-0.1, -0.05) is 19.1 Å². The molecule has 0 unspecified atom stereocenters. The molecule has 1 heterocycles. The van der Waals surface area contributed by atoms with Crippen LogP contribution in [0, 0.1) is 0 Å². The van der Waals surface area contributed by atoms with E-state index in [1.165, 1.54) is 6.33 Å². The number of carbonyl (C=O) groups excluding carboxylic acids is 1. The van der Waals surface area contributed by atoms with Crippen LogP contribution in [0.15, 0.2) is 36.9 Å². The number of benzene rings is 1. The molecule has 2 rings (SSSR count). The number of hydrogen-bond donors (Lipinski definition) is 2. The molecular formula is C14H19N5O. The second-order valence-corrected chi connectivity index (χ2v) is 4.44. The molecule has 0 saturated heterocycles. The van der Waals surface area contributed by atoms with E-state index < -0.39 is 0 Å². The Morgan fingerprint density at radius 2 is 2.30 bits per heavy atom. The van der Waals surface area contributed by atoms with Gasteiger partial charge in [-0.3, -0.25) is 9.48 Å². The Hall–Kier alpha value is -2.21. The summed E-state index contributed by atoms with van der Waals surface area (Å²) < 4.78 is 1.64. The number of nitrogens with zero attached hydrogens (tertiary/aromatic N) is 3. The Morgan fingerprint density at radius 1 is 1.40 bits per heavy atom. The van der Waals surface area contributed by atoms with Gasteiger partial charge in [-0.2, -0.15) is 5.10 Å². The average Bonchev–Trinajstić information content (AvgIpc) is 2.97. The van der Waals surface area contributed by atoms with Gasteiger partial charge in [0.15, 0.2) is 0 Å². The van der Waals surface area contributed by atoms with Crippen molar-refractivity contribution in [1.29, 1.82) is 0 Å². The van der Waals surface area contributed by atoms with Crippen molar-refractivity contribution in [2.45, 2.75) is 26.4 Å². The number of rotatable bonds is 7. The fourth-order valence-corrected chi connectivity index (χ4v) is 1.82. The van der Waals surface area contributed by atoms with Crippen LogP contribution in [-0.4, -0.2) is 27.2 Å². The number of aryl methyl sites for hydroxylation is 1. The van der Waals surface area contributed by atoms with Crippen molar-refractivity contribution >= 4 is 11.6 Å². The summed E-state index contributed by atoms with van der Waals surface area (Å²) in [6.07, 6.45) is 3.44. The zero-order valence-electron chi connectivity index (χ0n) is 11.5. The predicted octanol–water partition coefficient (Wildman–Crippen LogP) is 1.42. The van der Waals surface area contributed by atoms with E-state index in [1.807, 2.05) is 24.3 Å². The largest absolute Gasteiger partial charge is 0.326 e. The van der Waals surface area contributed by atoms with E-state index in [2.05, 4.69) is 27.6 Å². The molecule has 0 atom stereocenters. The van der Waals surface area contributed by atoms with Gasteiger partial charge in [0, 0.05) is 18.7 Å². The molecule has 0 spiro atoms. The predicted molar refractivity (Wildman–Crippen MR) is 77.1 cm³/mol. The fourth-order valence-electron chi connectivity index (χ4n) is 1.82. The Balaban J connectivity index is 1.84. The van der Waals surface area contributed by atoms with Gasteiger partial charge in [0.05, 0.1) is 6.54 Å². The smallest absolute Gasteiger partial charge is 0.226 e. The first-order chi connectivity index (χ1) is 9.78. The van der Waals surface area contributed by atoms with Gasteiger partial charge >= 0.3 is 0 Å². The summed E-state index contributed by atoms with van der Waals surface area (Å²) in [6, 6.07) is 7.85. The van der Waals surface area contributed by atoms with Crippen molar-refractivity contribution in [2.24, 2.45) is 0 Å². The van der Waals surface area contributed by atoms with E-state index in [-0.39, 0.29) is 5.91 Å². The van der Waals surface area contributed by atoms with Gasteiger partial charge in [-0.15, -0.1) is 0 Å². The highest BCUT2D eigenvalue weighted by molar-refractivity contribution is 5.90. The zero-order valence-corrected chi connectivity index (χ0v) is 11.5. The maximum atomic E-state index is 11.8. The highest BCUT2D eigenvalue weighted by atomic mass is 16.1. The summed E-state index contributed by atoms with van der Waals surface area (Å²) in [5.41, 5.74) is 1.98. The van der Waals surface area contributed by atoms with Crippen LogP contribution in [0.4, 0.5) is 5.69 Å². The molecule has 106 valence electrons. The maximum absolute atomic E-state index is 11.8. The Morgan fingerprint density at radius 3 is 3.05 bits per heavy atom. The monoisotopic (exact) mass is 273 g/mol. The molecule has 1 aromatic carbocycles. The Kier molecular flexibility index (Phi) is 5.25. The number of anilines is 1.